The molecule has 122 valence electrons. The molecule has 1 aromatic heterocycles. The number of hydrogen-bond acceptors (Lipinski definition) is 5. The van der Waals surface area contributed by atoms with Crippen LogP contribution in [0.3, 0.4) is 0 Å². The normalized spacial score (nSPS) is 10.4. The lowest BCUT2D eigenvalue weighted by molar-refractivity contribution is 0.0996. The minimum absolute atomic E-state index is 0.111. The Morgan fingerprint density at radius 2 is 1.67 bits per heavy atom. The number of methoxy groups -OCH3 is 2. The second-order valence-electron chi connectivity index (χ2n) is 5.04. The van der Waals surface area contributed by atoms with Gasteiger partial charge in [-0.25, -0.2) is 0 Å². The number of aromatic nitrogens is 3. The number of carbonyl (C=O) groups excluding carboxylic acids is 1. The predicted octanol–water partition coefficient (Wildman–Crippen LogP) is 2.25. The molecule has 0 saturated heterocycles. The Bertz CT molecular complexity index is 889. The molecule has 7 heteroatoms. The van der Waals surface area contributed by atoms with E-state index < -0.39 is 5.91 Å². The topological polar surface area (TPSA) is 103 Å². The standard InChI is InChI=1S/C17H16N4O3/c1-23-13-7-6-11(9-14(13)24-2)10-4-3-5-12(8-10)15-16(17(18)22)20-21-19-15/h3-9H,1-2H3,(H2,18,22)(H,19,20,21). The molecule has 0 aliphatic carbocycles. The van der Waals surface area contributed by atoms with Gasteiger partial charge in [-0.15, -0.1) is 0 Å². The van der Waals surface area contributed by atoms with Gasteiger partial charge in [0.1, 0.15) is 5.69 Å². The number of amides is 1. The summed E-state index contributed by atoms with van der Waals surface area (Å²) in [6, 6.07) is 13.2. The summed E-state index contributed by atoms with van der Waals surface area (Å²) in [5.74, 6) is 0.667. The molecular formula is C17H16N4O3. The number of aromatic amines is 1. The van der Waals surface area contributed by atoms with Crippen LogP contribution in [-0.4, -0.2) is 35.5 Å². The number of ether oxygens (including phenoxy) is 2. The molecule has 0 spiro atoms. The molecule has 3 aromatic rings. The van der Waals surface area contributed by atoms with Crippen LogP contribution in [0.5, 0.6) is 11.5 Å². The number of benzene rings is 2. The third-order valence-electron chi connectivity index (χ3n) is 3.63. The highest BCUT2D eigenvalue weighted by Gasteiger charge is 2.15. The molecule has 0 saturated carbocycles. The summed E-state index contributed by atoms with van der Waals surface area (Å²) < 4.78 is 10.6. The monoisotopic (exact) mass is 324 g/mol. The van der Waals surface area contributed by atoms with Crippen molar-refractivity contribution in [3.05, 3.63) is 48.2 Å². The molecule has 7 nitrogen and oxygen atoms in total. The SMILES string of the molecule is COc1ccc(-c2cccc(-c3n[nH]nc3C(N)=O)c2)cc1OC. The van der Waals surface area contributed by atoms with Gasteiger partial charge in [-0.1, -0.05) is 24.3 Å². The summed E-state index contributed by atoms with van der Waals surface area (Å²) in [7, 11) is 3.18. The van der Waals surface area contributed by atoms with Crippen LogP contribution >= 0.6 is 0 Å². The lowest BCUT2D eigenvalue weighted by Gasteiger charge is -2.10. The quantitative estimate of drug-likeness (QED) is 0.749. The highest BCUT2D eigenvalue weighted by atomic mass is 16.5. The smallest absolute Gasteiger partial charge is 0.271 e. The van der Waals surface area contributed by atoms with Crippen LogP contribution in [0.1, 0.15) is 10.5 Å². The van der Waals surface area contributed by atoms with E-state index >= 15 is 0 Å². The molecular weight excluding hydrogens is 308 g/mol. The Morgan fingerprint density at radius 3 is 2.38 bits per heavy atom. The van der Waals surface area contributed by atoms with Crippen LogP contribution < -0.4 is 15.2 Å². The van der Waals surface area contributed by atoms with Crippen LogP contribution in [0.25, 0.3) is 22.4 Å². The molecule has 0 aliphatic rings. The molecule has 1 amide bonds. The van der Waals surface area contributed by atoms with Gasteiger partial charge in [0.25, 0.3) is 5.91 Å². The van der Waals surface area contributed by atoms with E-state index in [1.54, 1.807) is 14.2 Å². The van der Waals surface area contributed by atoms with E-state index in [-0.39, 0.29) is 5.69 Å². The molecule has 0 fully saturated rings. The Labute approximate surface area is 138 Å². The van der Waals surface area contributed by atoms with Gasteiger partial charge >= 0.3 is 0 Å². The molecule has 0 unspecified atom stereocenters. The largest absolute Gasteiger partial charge is 0.493 e. The average molecular weight is 324 g/mol. The van der Waals surface area contributed by atoms with Crippen molar-refractivity contribution in [3.8, 4) is 33.9 Å². The van der Waals surface area contributed by atoms with Gasteiger partial charge in [0, 0.05) is 5.56 Å². The van der Waals surface area contributed by atoms with Crippen LogP contribution in [0.15, 0.2) is 42.5 Å². The highest BCUT2D eigenvalue weighted by molar-refractivity contribution is 5.97. The van der Waals surface area contributed by atoms with Crippen molar-refractivity contribution in [2.75, 3.05) is 14.2 Å². The average Bonchev–Trinajstić information content (AvgIpc) is 3.11. The van der Waals surface area contributed by atoms with Gasteiger partial charge in [-0.2, -0.15) is 15.4 Å². The van der Waals surface area contributed by atoms with Gasteiger partial charge in [0.15, 0.2) is 17.2 Å². The summed E-state index contributed by atoms with van der Waals surface area (Å²) in [6.07, 6.45) is 0. The van der Waals surface area contributed by atoms with Crippen LogP contribution in [0.2, 0.25) is 0 Å². The number of nitrogens with one attached hydrogen (secondary N) is 1. The van der Waals surface area contributed by atoms with Crippen molar-refractivity contribution in [3.63, 3.8) is 0 Å². The van der Waals surface area contributed by atoms with Crippen molar-refractivity contribution >= 4 is 5.91 Å². The number of nitrogens with zero attached hydrogens (tertiary/aromatic N) is 2. The lowest BCUT2D eigenvalue weighted by atomic mass is 10.0. The number of primary amides is 1. The second kappa shape index (κ2) is 6.41. The van der Waals surface area contributed by atoms with Crippen molar-refractivity contribution in [1.29, 1.82) is 0 Å². The van der Waals surface area contributed by atoms with E-state index in [0.29, 0.717) is 17.2 Å². The zero-order chi connectivity index (χ0) is 17.1. The summed E-state index contributed by atoms with van der Waals surface area (Å²) in [4.78, 5) is 11.4. The maximum absolute atomic E-state index is 11.4. The number of hydrogen-bond donors (Lipinski definition) is 2. The lowest BCUT2D eigenvalue weighted by Crippen LogP contribution is -2.12. The predicted molar refractivity (Wildman–Crippen MR) is 88.9 cm³/mol. The first-order valence-electron chi connectivity index (χ1n) is 7.17. The summed E-state index contributed by atoms with van der Waals surface area (Å²) in [5, 5.41) is 10.3. The van der Waals surface area contributed by atoms with E-state index in [4.69, 9.17) is 15.2 Å². The Balaban J connectivity index is 2.05. The zero-order valence-corrected chi connectivity index (χ0v) is 13.2. The Morgan fingerprint density at radius 1 is 0.958 bits per heavy atom. The summed E-state index contributed by atoms with van der Waals surface area (Å²) in [6.45, 7) is 0. The van der Waals surface area contributed by atoms with Crippen molar-refractivity contribution in [2.45, 2.75) is 0 Å². The first-order valence-corrected chi connectivity index (χ1v) is 7.17. The van der Waals surface area contributed by atoms with Crippen molar-refractivity contribution in [1.82, 2.24) is 15.4 Å². The molecule has 24 heavy (non-hydrogen) atoms. The number of rotatable bonds is 5. The van der Waals surface area contributed by atoms with Gasteiger partial charge < -0.3 is 15.2 Å². The van der Waals surface area contributed by atoms with Gasteiger partial charge in [0.2, 0.25) is 0 Å². The molecule has 2 aromatic carbocycles. The Kier molecular flexibility index (Phi) is 4.15. The number of nitrogens with two attached hydrogens (primary N) is 1. The maximum Gasteiger partial charge on any atom is 0.271 e. The molecule has 0 atom stereocenters. The molecule has 0 bridgehead atoms. The molecule has 3 N–H and O–H groups in total. The molecule has 0 aliphatic heterocycles. The van der Waals surface area contributed by atoms with Gasteiger partial charge in [-0.3, -0.25) is 4.79 Å². The molecule has 0 radical (unpaired) electrons. The second-order valence-corrected chi connectivity index (χ2v) is 5.04. The van der Waals surface area contributed by atoms with Gasteiger partial charge in [-0.05, 0) is 29.3 Å². The summed E-state index contributed by atoms with van der Waals surface area (Å²) >= 11 is 0. The Hall–Kier alpha value is -3.35. The van der Waals surface area contributed by atoms with E-state index in [0.717, 1.165) is 16.7 Å². The van der Waals surface area contributed by atoms with Crippen LogP contribution in [-0.2, 0) is 0 Å². The van der Waals surface area contributed by atoms with Crippen LogP contribution in [0.4, 0.5) is 0 Å². The van der Waals surface area contributed by atoms with Gasteiger partial charge in [0.05, 0.1) is 14.2 Å². The fourth-order valence-electron chi connectivity index (χ4n) is 2.47. The third kappa shape index (κ3) is 2.79. The minimum Gasteiger partial charge on any atom is -0.493 e. The fourth-order valence-corrected chi connectivity index (χ4v) is 2.47. The number of H-pyrrole nitrogens is 1. The first kappa shape index (κ1) is 15.5. The maximum atomic E-state index is 11.4. The first-order chi connectivity index (χ1) is 11.6. The van der Waals surface area contributed by atoms with Crippen molar-refractivity contribution in [2.24, 2.45) is 5.73 Å². The van der Waals surface area contributed by atoms with E-state index in [1.807, 2.05) is 42.5 Å². The van der Waals surface area contributed by atoms with Crippen molar-refractivity contribution < 1.29 is 14.3 Å². The van der Waals surface area contributed by atoms with E-state index in [1.165, 1.54) is 0 Å². The number of carbonyl (C=O) groups is 1. The third-order valence-corrected chi connectivity index (χ3v) is 3.63. The van der Waals surface area contributed by atoms with E-state index in [2.05, 4.69) is 15.4 Å². The molecule has 3 rings (SSSR count). The molecule has 1 heterocycles. The minimum atomic E-state index is -0.629. The highest BCUT2D eigenvalue weighted by Crippen LogP contribution is 2.33. The zero-order valence-electron chi connectivity index (χ0n) is 13.2. The summed E-state index contributed by atoms with van der Waals surface area (Å²) in [5.41, 5.74) is 8.48. The van der Waals surface area contributed by atoms with Crippen LogP contribution in [0, 0.1) is 0 Å². The fraction of sp³-hybridized carbons (Fsp3) is 0.118. The van der Waals surface area contributed by atoms with E-state index in [9.17, 15) is 4.79 Å².